The highest BCUT2D eigenvalue weighted by Gasteiger charge is 2.27. The number of hydrogen-bond acceptors (Lipinski definition) is 3. The summed E-state index contributed by atoms with van der Waals surface area (Å²) in [5.74, 6) is -0.652. The van der Waals surface area contributed by atoms with Gasteiger partial charge in [-0.05, 0) is 35.9 Å². The Morgan fingerprint density at radius 2 is 2.47 bits per heavy atom. The molecule has 2 N–H and O–H groups in total. The van der Waals surface area contributed by atoms with Gasteiger partial charge in [-0.25, -0.2) is 4.79 Å². The second-order valence-corrected chi connectivity index (χ2v) is 4.65. The lowest BCUT2D eigenvalue weighted by molar-refractivity contribution is 0.0689. The Morgan fingerprint density at radius 3 is 2.93 bits per heavy atom. The second kappa shape index (κ2) is 3.94. The average Bonchev–Trinajstić information content (AvgIpc) is 2.71. The van der Waals surface area contributed by atoms with Crippen LogP contribution in [-0.2, 0) is 0 Å². The number of nitrogens with zero attached hydrogens (tertiary/aromatic N) is 2. The molecule has 0 aliphatic carbocycles. The molecule has 82 valence electrons. The molecular weight excluding hydrogens is 262 g/mol. The van der Waals surface area contributed by atoms with Gasteiger partial charge in [-0.3, -0.25) is 5.10 Å². The fourth-order valence-electron chi connectivity index (χ4n) is 1.92. The van der Waals surface area contributed by atoms with Crippen LogP contribution in [-0.4, -0.2) is 46.3 Å². The maximum Gasteiger partial charge on any atom is 0.357 e. The minimum Gasteiger partial charge on any atom is -0.476 e. The molecule has 6 heteroatoms. The lowest BCUT2D eigenvalue weighted by atomic mass is 10.1. The van der Waals surface area contributed by atoms with E-state index in [2.05, 4.69) is 38.1 Å². The number of likely N-dealkylation sites (N-methyl/N-ethyl adjacent to an activating group) is 1. The van der Waals surface area contributed by atoms with Crippen molar-refractivity contribution in [3.05, 3.63) is 15.9 Å². The van der Waals surface area contributed by atoms with Crippen molar-refractivity contribution >= 4 is 21.9 Å². The van der Waals surface area contributed by atoms with Crippen LogP contribution in [0, 0.1) is 0 Å². The van der Waals surface area contributed by atoms with Gasteiger partial charge in [0, 0.05) is 12.5 Å². The Hall–Kier alpha value is -0.880. The number of carbonyl (C=O) groups is 1. The van der Waals surface area contributed by atoms with E-state index in [1.165, 1.54) is 0 Å². The van der Waals surface area contributed by atoms with Crippen molar-refractivity contribution in [3.8, 4) is 0 Å². The summed E-state index contributed by atoms with van der Waals surface area (Å²) in [6.45, 7) is 1.98. The van der Waals surface area contributed by atoms with Gasteiger partial charge in [0.15, 0.2) is 5.69 Å². The van der Waals surface area contributed by atoms with Crippen LogP contribution < -0.4 is 0 Å². The van der Waals surface area contributed by atoms with E-state index in [-0.39, 0.29) is 5.69 Å². The van der Waals surface area contributed by atoms with E-state index in [1.807, 2.05) is 0 Å². The fourth-order valence-corrected chi connectivity index (χ4v) is 2.60. The number of carboxylic acid groups (broad SMARTS) is 1. The predicted molar refractivity (Wildman–Crippen MR) is 58.1 cm³/mol. The molecule has 1 aromatic rings. The monoisotopic (exact) mass is 273 g/mol. The molecule has 1 aliphatic rings. The second-order valence-electron chi connectivity index (χ2n) is 3.85. The summed E-state index contributed by atoms with van der Waals surface area (Å²) in [6.07, 6.45) is 1.04. The number of carboxylic acids is 1. The Balaban J connectivity index is 2.26. The summed E-state index contributed by atoms with van der Waals surface area (Å²) in [5.41, 5.74) is 0.969. The molecule has 0 spiro atoms. The minimum atomic E-state index is -1.00. The number of H-pyrrole nitrogens is 1. The van der Waals surface area contributed by atoms with E-state index in [0.717, 1.165) is 25.2 Å². The van der Waals surface area contributed by atoms with Crippen molar-refractivity contribution in [2.75, 3.05) is 20.1 Å². The Labute approximate surface area is 95.6 Å². The highest BCUT2D eigenvalue weighted by Crippen LogP contribution is 2.31. The number of hydrogen-bond donors (Lipinski definition) is 2. The van der Waals surface area contributed by atoms with Crippen LogP contribution >= 0.6 is 15.9 Å². The van der Waals surface area contributed by atoms with Crippen molar-refractivity contribution in [2.45, 2.75) is 12.3 Å². The van der Waals surface area contributed by atoms with Crippen molar-refractivity contribution < 1.29 is 9.90 Å². The van der Waals surface area contributed by atoms with Gasteiger partial charge in [0.25, 0.3) is 0 Å². The highest BCUT2D eigenvalue weighted by molar-refractivity contribution is 9.10. The normalized spacial score (nSPS) is 22.1. The standard InChI is InChI=1S/C9H12BrN3O2/c1-13-3-2-5(4-13)7-6(10)8(9(14)15)12-11-7/h5H,2-4H2,1H3,(H,11,12)(H,14,15). The van der Waals surface area contributed by atoms with Gasteiger partial charge in [-0.15, -0.1) is 0 Å². The van der Waals surface area contributed by atoms with Crippen LogP contribution in [0.3, 0.4) is 0 Å². The first-order chi connectivity index (χ1) is 7.09. The summed E-state index contributed by atoms with van der Waals surface area (Å²) in [4.78, 5) is 13.0. The quantitative estimate of drug-likeness (QED) is 0.852. The molecule has 0 amide bonds. The van der Waals surface area contributed by atoms with Gasteiger partial charge in [-0.2, -0.15) is 5.10 Å². The number of aromatic carboxylic acids is 1. The van der Waals surface area contributed by atoms with Gasteiger partial charge in [-0.1, -0.05) is 0 Å². The van der Waals surface area contributed by atoms with Crippen LogP contribution in [0.2, 0.25) is 0 Å². The maximum absolute atomic E-state index is 10.8. The first-order valence-corrected chi connectivity index (χ1v) is 5.54. The van der Waals surface area contributed by atoms with Crippen molar-refractivity contribution in [3.63, 3.8) is 0 Å². The molecule has 15 heavy (non-hydrogen) atoms. The van der Waals surface area contributed by atoms with Crippen LogP contribution in [0.1, 0.15) is 28.5 Å². The van der Waals surface area contributed by atoms with E-state index in [9.17, 15) is 4.79 Å². The third kappa shape index (κ3) is 1.91. The van der Waals surface area contributed by atoms with E-state index in [0.29, 0.717) is 10.4 Å². The van der Waals surface area contributed by atoms with E-state index >= 15 is 0 Å². The number of aromatic nitrogens is 2. The molecule has 1 fully saturated rings. The number of aromatic amines is 1. The summed E-state index contributed by atoms with van der Waals surface area (Å²) in [5, 5.41) is 15.5. The maximum atomic E-state index is 10.8. The molecule has 1 aromatic heterocycles. The zero-order valence-electron chi connectivity index (χ0n) is 8.33. The molecule has 0 saturated carbocycles. The molecule has 0 bridgehead atoms. The first kappa shape index (κ1) is 10.6. The lowest BCUT2D eigenvalue weighted by Gasteiger charge is -2.08. The molecule has 5 nitrogen and oxygen atoms in total. The Morgan fingerprint density at radius 1 is 1.73 bits per heavy atom. The predicted octanol–water partition coefficient (Wildman–Crippen LogP) is 1.29. The van der Waals surface area contributed by atoms with Crippen LogP contribution in [0.15, 0.2) is 4.47 Å². The van der Waals surface area contributed by atoms with Crippen LogP contribution in [0.5, 0.6) is 0 Å². The number of rotatable bonds is 2. The van der Waals surface area contributed by atoms with Gasteiger partial charge < -0.3 is 10.0 Å². The third-order valence-electron chi connectivity index (χ3n) is 2.73. The summed E-state index contributed by atoms with van der Waals surface area (Å²) in [7, 11) is 2.06. The lowest BCUT2D eigenvalue weighted by Crippen LogP contribution is -2.13. The summed E-state index contributed by atoms with van der Waals surface area (Å²) < 4.78 is 0.593. The van der Waals surface area contributed by atoms with Gasteiger partial charge in [0.1, 0.15) is 0 Å². The SMILES string of the molecule is CN1CCC(c2[nH]nc(C(=O)O)c2Br)C1. The fraction of sp³-hybridized carbons (Fsp3) is 0.556. The van der Waals surface area contributed by atoms with Crippen LogP contribution in [0.25, 0.3) is 0 Å². The molecule has 1 saturated heterocycles. The molecule has 2 heterocycles. The molecule has 0 aromatic carbocycles. The topological polar surface area (TPSA) is 69.2 Å². The van der Waals surface area contributed by atoms with E-state index in [4.69, 9.17) is 5.11 Å². The smallest absolute Gasteiger partial charge is 0.357 e. The zero-order valence-corrected chi connectivity index (χ0v) is 9.91. The van der Waals surface area contributed by atoms with Gasteiger partial charge >= 0.3 is 5.97 Å². The summed E-state index contributed by atoms with van der Waals surface area (Å²) >= 11 is 3.29. The molecule has 1 unspecified atom stereocenters. The minimum absolute atomic E-state index is 0.0690. The molecule has 1 atom stereocenters. The summed E-state index contributed by atoms with van der Waals surface area (Å²) in [6, 6.07) is 0. The van der Waals surface area contributed by atoms with Crippen LogP contribution in [0.4, 0.5) is 0 Å². The van der Waals surface area contributed by atoms with Gasteiger partial charge in [0.05, 0.1) is 10.2 Å². The molecular formula is C9H12BrN3O2. The third-order valence-corrected chi connectivity index (χ3v) is 3.54. The Kier molecular flexibility index (Phi) is 2.79. The van der Waals surface area contributed by atoms with E-state index in [1.54, 1.807) is 0 Å². The number of likely N-dealkylation sites (tertiary alicyclic amines) is 1. The Bertz CT molecular complexity index is 391. The average molecular weight is 274 g/mol. The first-order valence-electron chi connectivity index (χ1n) is 4.75. The molecule has 0 radical (unpaired) electrons. The number of halogens is 1. The van der Waals surface area contributed by atoms with Gasteiger partial charge in [0.2, 0.25) is 0 Å². The van der Waals surface area contributed by atoms with E-state index < -0.39 is 5.97 Å². The van der Waals surface area contributed by atoms with Crippen molar-refractivity contribution in [2.24, 2.45) is 0 Å². The molecule has 2 rings (SSSR count). The highest BCUT2D eigenvalue weighted by atomic mass is 79.9. The number of nitrogens with one attached hydrogen (secondary N) is 1. The largest absolute Gasteiger partial charge is 0.476 e. The van der Waals surface area contributed by atoms with Crippen molar-refractivity contribution in [1.29, 1.82) is 0 Å². The zero-order chi connectivity index (χ0) is 11.0. The molecule has 1 aliphatic heterocycles. The van der Waals surface area contributed by atoms with Crippen molar-refractivity contribution in [1.82, 2.24) is 15.1 Å².